The van der Waals surface area contributed by atoms with E-state index in [-0.39, 0.29) is 35.4 Å². The molecule has 0 saturated carbocycles. The van der Waals surface area contributed by atoms with Crippen LogP contribution >= 0.6 is 0 Å². The number of imidazole rings is 1. The Balaban J connectivity index is 2.20. The summed E-state index contributed by atoms with van der Waals surface area (Å²) in [5.41, 5.74) is 0.161. The van der Waals surface area contributed by atoms with E-state index in [0.29, 0.717) is 0 Å². The number of amides is 1. The van der Waals surface area contributed by atoms with Crippen LogP contribution < -0.4 is 0 Å². The molecule has 7 heteroatoms. The lowest BCUT2D eigenvalue weighted by Crippen LogP contribution is -2.29. The van der Waals surface area contributed by atoms with E-state index in [9.17, 15) is 20.1 Å². The molecule has 0 aliphatic heterocycles. The molecule has 19 heavy (non-hydrogen) atoms. The number of phenols is 3. The summed E-state index contributed by atoms with van der Waals surface area (Å²) in [5, 5.41) is 28.5. The van der Waals surface area contributed by atoms with Crippen molar-refractivity contribution in [2.45, 2.75) is 6.54 Å². The normalized spacial score (nSPS) is 10.4. The number of phenolic OH excluding ortho intramolecular Hbond substituents is 3. The van der Waals surface area contributed by atoms with Crippen LogP contribution in [0.3, 0.4) is 0 Å². The second-order valence-corrected chi connectivity index (χ2v) is 4.07. The molecule has 1 aromatic heterocycles. The number of carbonyl (C=O) groups excluding carboxylic acids is 1. The molecule has 100 valence electrons. The Morgan fingerprint density at radius 1 is 1.32 bits per heavy atom. The Hall–Kier alpha value is -2.70. The molecule has 7 nitrogen and oxygen atoms in total. The lowest BCUT2D eigenvalue weighted by Gasteiger charge is -2.18. The van der Waals surface area contributed by atoms with Gasteiger partial charge in [-0.2, -0.15) is 0 Å². The minimum atomic E-state index is -0.357. The van der Waals surface area contributed by atoms with E-state index in [1.807, 2.05) is 0 Å². The predicted octanol–water partition coefficient (Wildman–Crippen LogP) is 1.10. The maximum Gasteiger partial charge on any atom is 0.329 e. The Labute approximate surface area is 109 Å². The molecule has 0 atom stereocenters. The maximum absolute atomic E-state index is 11.9. The van der Waals surface area contributed by atoms with Crippen LogP contribution in [0.1, 0.15) is 5.56 Å². The van der Waals surface area contributed by atoms with Crippen molar-refractivity contribution < 1.29 is 20.1 Å². The van der Waals surface area contributed by atoms with E-state index in [4.69, 9.17) is 0 Å². The van der Waals surface area contributed by atoms with Crippen LogP contribution in [0.4, 0.5) is 4.79 Å². The van der Waals surface area contributed by atoms with E-state index in [0.717, 1.165) is 12.1 Å². The number of hydrogen-bond acceptors (Lipinski definition) is 5. The van der Waals surface area contributed by atoms with Crippen molar-refractivity contribution in [2.75, 3.05) is 7.05 Å². The SMILES string of the molecule is CN(Cc1c(O)cc(O)cc1O)C(=O)n1ccnc1. The van der Waals surface area contributed by atoms with E-state index < -0.39 is 0 Å². The van der Waals surface area contributed by atoms with Crippen molar-refractivity contribution >= 4 is 6.03 Å². The molecule has 0 unspecified atom stereocenters. The molecule has 0 saturated heterocycles. The third-order valence-electron chi connectivity index (χ3n) is 2.63. The summed E-state index contributed by atoms with van der Waals surface area (Å²) in [5.74, 6) is -0.798. The number of carbonyl (C=O) groups is 1. The highest BCUT2D eigenvalue weighted by atomic mass is 16.3. The summed E-state index contributed by atoms with van der Waals surface area (Å²) in [6.45, 7) is -0.00500. The first-order valence-corrected chi connectivity index (χ1v) is 5.46. The van der Waals surface area contributed by atoms with Gasteiger partial charge < -0.3 is 20.2 Å². The van der Waals surface area contributed by atoms with Crippen LogP contribution in [-0.4, -0.2) is 42.8 Å². The molecule has 3 N–H and O–H groups in total. The van der Waals surface area contributed by atoms with Gasteiger partial charge >= 0.3 is 6.03 Å². The fourth-order valence-electron chi connectivity index (χ4n) is 1.66. The molecule has 0 aliphatic rings. The largest absolute Gasteiger partial charge is 0.508 e. The van der Waals surface area contributed by atoms with Gasteiger partial charge in [0.25, 0.3) is 0 Å². The van der Waals surface area contributed by atoms with Crippen LogP contribution in [0.15, 0.2) is 30.9 Å². The number of aromatic hydroxyl groups is 3. The van der Waals surface area contributed by atoms with Crippen LogP contribution in [-0.2, 0) is 6.54 Å². The van der Waals surface area contributed by atoms with Crippen molar-refractivity contribution in [1.82, 2.24) is 14.5 Å². The first-order valence-electron chi connectivity index (χ1n) is 5.46. The summed E-state index contributed by atoms with van der Waals surface area (Å²) >= 11 is 0. The van der Waals surface area contributed by atoms with E-state index >= 15 is 0 Å². The first-order chi connectivity index (χ1) is 8.99. The fourth-order valence-corrected chi connectivity index (χ4v) is 1.66. The molecule has 2 rings (SSSR count). The zero-order valence-corrected chi connectivity index (χ0v) is 10.2. The Kier molecular flexibility index (Phi) is 3.28. The van der Waals surface area contributed by atoms with Crippen LogP contribution in [0, 0.1) is 0 Å². The fraction of sp³-hybridized carbons (Fsp3) is 0.167. The van der Waals surface area contributed by atoms with Crippen LogP contribution in [0.5, 0.6) is 17.2 Å². The first kappa shape index (κ1) is 12.7. The van der Waals surface area contributed by atoms with Crippen molar-refractivity contribution in [3.05, 3.63) is 36.4 Å². The highest BCUT2D eigenvalue weighted by molar-refractivity contribution is 5.76. The van der Waals surface area contributed by atoms with Crippen LogP contribution in [0.2, 0.25) is 0 Å². The van der Waals surface area contributed by atoms with Crippen molar-refractivity contribution in [2.24, 2.45) is 0 Å². The second kappa shape index (κ2) is 4.89. The van der Waals surface area contributed by atoms with Crippen molar-refractivity contribution in [3.8, 4) is 17.2 Å². The molecule has 1 heterocycles. The van der Waals surface area contributed by atoms with Gasteiger partial charge in [0, 0.05) is 31.6 Å². The maximum atomic E-state index is 11.9. The molecule has 0 bridgehead atoms. The molecule has 0 spiro atoms. The predicted molar refractivity (Wildman–Crippen MR) is 65.9 cm³/mol. The van der Waals surface area contributed by atoms with Crippen molar-refractivity contribution in [3.63, 3.8) is 0 Å². The van der Waals surface area contributed by atoms with Gasteiger partial charge in [0.2, 0.25) is 0 Å². The molecule has 0 aliphatic carbocycles. The van der Waals surface area contributed by atoms with Gasteiger partial charge in [-0.25, -0.2) is 9.78 Å². The lowest BCUT2D eigenvalue weighted by molar-refractivity contribution is 0.207. The summed E-state index contributed by atoms with van der Waals surface area (Å²) < 4.78 is 1.27. The lowest BCUT2D eigenvalue weighted by atomic mass is 10.1. The number of benzene rings is 1. The van der Waals surface area contributed by atoms with E-state index in [1.54, 1.807) is 0 Å². The van der Waals surface area contributed by atoms with E-state index in [2.05, 4.69) is 4.98 Å². The third-order valence-corrected chi connectivity index (χ3v) is 2.63. The van der Waals surface area contributed by atoms with Gasteiger partial charge in [0.15, 0.2) is 0 Å². The Bertz CT molecular complexity index is 572. The smallest absolute Gasteiger partial charge is 0.329 e. The molecule has 1 amide bonds. The number of nitrogens with zero attached hydrogens (tertiary/aromatic N) is 3. The molecular weight excluding hydrogens is 250 g/mol. The van der Waals surface area contributed by atoms with Crippen LogP contribution in [0.25, 0.3) is 0 Å². The zero-order chi connectivity index (χ0) is 14.0. The summed E-state index contributed by atoms with van der Waals surface area (Å²) in [6.07, 6.45) is 4.33. The quantitative estimate of drug-likeness (QED) is 0.753. The van der Waals surface area contributed by atoms with Gasteiger partial charge in [-0.05, 0) is 0 Å². The minimum Gasteiger partial charge on any atom is -0.508 e. The molecular formula is C12H13N3O4. The Morgan fingerprint density at radius 2 is 1.95 bits per heavy atom. The molecule has 0 radical (unpaired) electrons. The standard InChI is InChI=1S/C12H13N3O4/c1-14(12(19)15-3-2-13-7-15)6-9-10(17)4-8(16)5-11(9)18/h2-5,7,16-18H,6H2,1H3. The van der Waals surface area contributed by atoms with Gasteiger partial charge in [0.1, 0.15) is 23.6 Å². The van der Waals surface area contributed by atoms with Gasteiger partial charge in [0.05, 0.1) is 12.1 Å². The van der Waals surface area contributed by atoms with E-state index in [1.165, 1.54) is 35.2 Å². The van der Waals surface area contributed by atoms with Crippen molar-refractivity contribution in [1.29, 1.82) is 0 Å². The minimum absolute atomic E-state index is 0.00500. The van der Waals surface area contributed by atoms with Gasteiger partial charge in [-0.15, -0.1) is 0 Å². The topological polar surface area (TPSA) is 98.8 Å². The molecule has 1 aromatic carbocycles. The summed E-state index contributed by atoms with van der Waals surface area (Å²) in [7, 11) is 1.52. The molecule has 2 aromatic rings. The summed E-state index contributed by atoms with van der Waals surface area (Å²) in [6, 6.07) is 1.85. The number of hydrogen-bond donors (Lipinski definition) is 3. The average molecular weight is 263 g/mol. The summed E-state index contributed by atoms with van der Waals surface area (Å²) in [4.78, 5) is 17.0. The highest BCUT2D eigenvalue weighted by Crippen LogP contribution is 2.32. The molecule has 0 fully saturated rings. The number of aromatic nitrogens is 2. The second-order valence-electron chi connectivity index (χ2n) is 4.07. The average Bonchev–Trinajstić information content (AvgIpc) is 2.86. The highest BCUT2D eigenvalue weighted by Gasteiger charge is 2.16. The Morgan fingerprint density at radius 3 is 2.47 bits per heavy atom. The van der Waals surface area contributed by atoms with Gasteiger partial charge in [-0.3, -0.25) is 4.57 Å². The monoisotopic (exact) mass is 263 g/mol. The third kappa shape index (κ3) is 2.59. The zero-order valence-electron chi connectivity index (χ0n) is 10.2. The van der Waals surface area contributed by atoms with Gasteiger partial charge in [-0.1, -0.05) is 0 Å². The number of rotatable bonds is 2.